The zero-order valence-corrected chi connectivity index (χ0v) is 17.2. The second-order valence-corrected chi connectivity index (χ2v) is 7.20. The monoisotopic (exact) mass is 379 g/mol. The Labute approximate surface area is 169 Å². The SMILES string of the molecule is CCNC(=NCCc1cccnc1)N1CCN(C(CC)c2ccccc2)CC1. The zero-order chi connectivity index (χ0) is 19.6. The van der Waals surface area contributed by atoms with E-state index in [1.165, 1.54) is 11.1 Å². The van der Waals surface area contributed by atoms with Crippen molar-refractivity contribution in [2.24, 2.45) is 4.99 Å². The van der Waals surface area contributed by atoms with Crippen molar-refractivity contribution in [2.75, 3.05) is 39.3 Å². The van der Waals surface area contributed by atoms with Crippen molar-refractivity contribution in [3.05, 3.63) is 66.0 Å². The molecule has 3 rings (SSSR count). The van der Waals surface area contributed by atoms with E-state index in [0.29, 0.717) is 6.04 Å². The van der Waals surface area contributed by atoms with Crippen LogP contribution >= 0.6 is 0 Å². The van der Waals surface area contributed by atoms with Gasteiger partial charge in [-0.25, -0.2) is 0 Å². The van der Waals surface area contributed by atoms with E-state index in [4.69, 9.17) is 4.99 Å². The highest BCUT2D eigenvalue weighted by atomic mass is 15.4. The number of rotatable bonds is 7. The number of hydrogen-bond acceptors (Lipinski definition) is 3. The van der Waals surface area contributed by atoms with Crippen LogP contribution in [0, 0.1) is 0 Å². The number of nitrogens with one attached hydrogen (secondary N) is 1. The van der Waals surface area contributed by atoms with E-state index in [1.807, 2.05) is 18.5 Å². The van der Waals surface area contributed by atoms with Crippen molar-refractivity contribution in [2.45, 2.75) is 32.7 Å². The third-order valence-corrected chi connectivity index (χ3v) is 5.35. The van der Waals surface area contributed by atoms with Crippen LogP contribution in [-0.4, -0.2) is 60.0 Å². The first kappa shape index (κ1) is 20.3. The summed E-state index contributed by atoms with van der Waals surface area (Å²) in [5.41, 5.74) is 2.66. The summed E-state index contributed by atoms with van der Waals surface area (Å²) in [4.78, 5) is 14.1. The fourth-order valence-corrected chi connectivity index (χ4v) is 3.89. The maximum absolute atomic E-state index is 4.87. The van der Waals surface area contributed by atoms with Gasteiger partial charge in [-0.15, -0.1) is 0 Å². The average Bonchev–Trinajstić information content (AvgIpc) is 2.76. The number of pyridine rings is 1. The van der Waals surface area contributed by atoms with E-state index >= 15 is 0 Å². The Bertz CT molecular complexity index is 708. The summed E-state index contributed by atoms with van der Waals surface area (Å²) < 4.78 is 0. The predicted octanol–water partition coefficient (Wildman–Crippen LogP) is 3.36. The van der Waals surface area contributed by atoms with Crippen LogP contribution in [0.5, 0.6) is 0 Å². The molecule has 1 aromatic carbocycles. The minimum atomic E-state index is 0.508. The number of aromatic nitrogens is 1. The third-order valence-electron chi connectivity index (χ3n) is 5.35. The average molecular weight is 380 g/mol. The Kier molecular flexibility index (Phi) is 7.85. The lowest BCUT2D eigenvalue weighted by molar-refractivity contribution is 0.127. The lowest BCUT2D eigenvalue weighted by Gasteiger charge is -2.40. The molecule has 1 atom stereocenters. The van der Waals surface area contributed by atoms with E-state index in [-0.39, 0.29) is 0 Å². The van der Waals surface area contributed by atoms with E-state index in [0.717, 1.165) is 58.1 Å². The smallest absolute Gasteiger partial charge is 0.194 e. The molecule has 2 aromatic rings. The maximum Gasteiger partial charge on any atom is 0.194 e. The highest BCUT2D eigenvalue weighted by molar-refractivity contribution is 5.80. The number of piperazine rings is 1. The van der Waals surface area contributed by atoms with Gasteiger partial charge in [0.1, 0.15) is 0 Å². The first-order valence-electron chi connectivity index (χ1n) is 10.5. The number of nitrogens with zero attached hydrogens (tertiary/aromatic N) is 4. The first-order valence-corrected chi connectivity index (χ1v) is 10.5. The van der Waals surface area contributed by atoms with Gasteiger partial charge in [0.25, 0.3) is 0 Å². The molecule has 150 valence electrons. The van der Waals surface area contributed by atoms with E-state index in [2.05, 4.69) is 70.3 Å². The fraction of sp³-hybridized carbons (Fsp3) is 0.478. The van der Waals surface area contributed by atoms with Crippen molar-refractivity contribution >= 4 is 5.96 Å². The number of hydrogen-bond donors (Lipinski definition) is 1. The molecule has 1 aliphatic heterocycles. The van der Waals surface area contributed by atoms with Crippen LogP contribution < -0.4 is 5.32 Å². The maximum atomic E-state index is 4.87. The van der Waals surface area contributed by atoms with E-state index in [9.17, 15) is 0 Å². The van der Waals surface area contributed by atoms with Crippen molar-refractivity contribution in [1.82, 2.24) is 20.1 Å². The van der Waals surface area contributed by atoms with Crippen LogP contribution in [0.4, 0.5) is 0 Å². The number of aliphatic imine (C=N–C) groups is 1. The topological polar surface area (TPSA) is 43.8 Å². The second-order valence-electron chi connectivity index (χ2n) is 7.20. The molecule has 1 aliphatic rings. The molecule has 0 saturated carbocycles. The van der Waals surface area contributed by atoms with Gasteiger partial charge < -0.3 is 10.2 Å². The lowest BCUT2D eigenvalue weighted by atomic mass is 10.0. The van der Waals surface area contributed by atoms with Crippen LogP contribution in [-0.2, 0) is 6.42 Å². The van der Waals surface area contributed by atoms with Gasteiger partial charge in [-0.3, -0.25) is 14.9 Å². The predicted molar refractivity (Wildman–Crippen MR) is 117 cm³/mol. The van der Waals surface area contributed by atoms with Gasteiger partial charge in [0.15, 0.2) is 5.96 Å². The normalized spacial score (nSPS) is 16.8. The summed E-state index contributed by atoms with van der Waals surface area (Å²) in [6.45, 7) is 10.3. The molecule has 0 radical (unpaired) electrons. The van der Waals surface area contributed by atoms with Crippen LogP contribution in [0.2, 0.25) is 0 Å². The first-order chi connectivity index (χ1) is 13.8. The molecule has 28 heavy (non-hydrogen) atoms. The molecule has 1 saturated heterocycles. The van der Waals surface area contributed by atoms with Crippen LogP contribution in [0.1, 0.15) is 37.4 Å². The Morgan fingerprint density at radius 3 is 2.50 bits per heavy atom. The summed E-state index contributed by atoms with van der Waals surface area (Å²) >= 11 is 0. The highest BCUT2D eigenvalue weighted by Gasteiger charge is 2.25. The Balaban J connectivity index is 1.56. The molecule has 1 fully saturated rings. The zero-order valence-electron chi connectivity index (χ0n) is 17.2. The van der Waals surface area contributed by atoms with Gasteiger partial charge in [-0.1, -0.05) is 43.3 Å². The summed E-state index contributed by atoms with van der Waals surface area (Å²) in [6.07, 6.45) is 5.81. The quantitative estimate of drug-likeness (QED) is 0.592. The van der Waals surface area contributed by atoms with Crippen molar-refractivity contribution < 1.29 is 0 Å². The van der Waals surface area contributed by atoms with Crippen LogP contribution in [0.15, 0.2) is 59.9 Å². The molecule has 1 N–H and O–H groups in total. The molecule has 0 aliphatic carbocycles. The molecule has 0 amide bonds. The second kappa shape index (κ2) is 10.8. The van der Waals surface area contributed by atoms with Gasteiger partial charge in [-0.2, -0.15) is 0 Å². The largest absolute Gasteiger partial charge is 0.357 e. The molecular weight excluding hydrogens is 346 g/mol. The minimum Gasteiger partial charge on any atom is -0.357 e. The summed E-state index contributed by atoms with van der Waals surface area (Å²) in [5, 5.41) is 3.47. The highest BCUT2D eigenvalue weighted by Crippen LogP contribution is 2.25. The van der Waals surface area contributed by atoms with Gasteiger partial charge in [0, 0.05) is 57.7 Å². The summed E-state index contributed by atoms with van der Waals surface area (Å²) in [6, 6.07) is 15.5. The van der Waals surface area contributed by atoms with Crippen LogP contribution in [0.25, 0.3) is 0 Å². The Hall–Kier alpha value is -2.40. The molecule has 0 bridgehead atoms. The van der Waals surface area contributed by atoms with Gasteiger partial charge in [-0.05, 0) is 37.0 Å². The summed E-state index contributed by atoms with van der Waals surface area (Å²) in [5.74, 6) is 1.04. The fourth-order valence-electron chi connectivity index (χ4n) is 3.89. The molecule has 5 heteroatoms. The molecule has 1 unspecified atom stereocenters. The lowest BCUT2D eigenvalue weighted by Crippen LogP contribution is -2.53. The van der Waals surface area contributed by atoms with E-state index in [1.54, 1.807) is 0 Å². The van der Waals surface area contributed by atoms with Crippen molar-refractivity contribution in [3.8, 4) is 0 Å². The third kappa shape index (κ3) is 5.55. The Morgan fingerprint density at radius 2 is 1.86 bits per heavy atom. The molecule has 0 spiro atoms. The molecule has 1 aromatic heterocycles. The molecule has 5 nitrogen and oxygen atoms in total. The van der Waals surface area contributed by atoms with Crippen molar-refractivity contribution in [3.63, 3.8) is 0 Å². The van der Waals surface area contributed by atoms with Crippen LogP contribution in [0.3, 0.4) is 0 Å². The number of benzene rings is 1. The summed E-state index contributed by atoms with van der Waals surface area (Å²) in [7, 11) is 0. The minimum absolute atomic E-state index is 0.508. The van der Waals surface area contributed by atoms with Gasteiger partial charge in [0.2, 0.25) is 0 Å². The molecular formula is C23H33N5. The van der Waals surface area contributed by atoms with Gasteiger partial charge in [0.05, 0.1) is 0 Å². The van der Waals surface area contributed by atoms with E-state index < -0.39 is 0 Å². The molecule has 2 heterocycles. The van der Waals surface area contributed by atoms with Crippen molar-refractivity contribution in [1.29, 1.82) is 0 Å². The standard InChI is InChI=1S/C23H33N5/c1-3-22(21-10-6-5-7-11-21)27-15-17-28(18-16-27)23(25-4-2)26-14-12-20-9-8-13-24-19-20/h5-11,13,19,22H,3-4,12,14-18H2,1-2H3,(H,25,26). The number of guanidine groups is 1. The van der Waals surface area contributed by atoms with Gasteiger partial charge >= 0.3 is 0 Å². The Morgan fingerprint density at radius 1 is 1.07 bits per heavy atom.